The SMILES string of the molecule is COc1cccc(NC(=O)CSc2nc(CC(=O)N3CCC4(CC3)OCCO4)cs2)c1. The summed E-state index contributed by atoms with van der Waals surface area (Å²) in [5.74, 6) is 0.390. The maximum atomic E-state index is 12.6. The van der Waals surface area contributed by atoms with Crippen LogP contribution in [0.3, 0.4) is 0 Å². The first-order valence-electron chi connectivity index (χ1n) is 10.1. The number of nitrogens with zero attached hydrogens (tertiary/aromatic N) is 2. The number of thioether (sulfide) groups is 1. The Kier molecular flexibility index (Phi) is 7.11. The van der Waals surface area contributed by atoms with E-state index in [1.807, 2.05) is 28.5 Å². The van der Waals surface area contributed by atoms with Gasteiger partial charge in [-0.25, -0.2) is 4.98 Å². The van der Waals surface area contributed by atoms with E-state index >= 15 is 0 Å². The summed E-state index contributed by atoms with van der Waals surface area (Å²) < 4.78 is 17.4. The van der Waals surface area contributed by atoms with E-state index in [1.165, 1.54) is 23.1 Å². The Balaban J connectivity index is 1.22. The van der Waals surface area contributed by atoms with Gasteiger partial charge in [0.15, 0.2) is 10.1 Å². The lowest BCUT2D eigenvalue weighted by Crippen LogP contribution is -2.47. The lowest BCUT2D eigenvalue weighted by Gasteiger charge is -2.37. The molecule has 2 amide bonds. The van der Waals surface area contributed by atoms with Crippen LogP contribution < -0.4 is 10.1 Å². The maximum absolute atomic E-state index is 12.6. The topological polar surface area (TPSA) is 90.0 Å². The van der Waals surface area contributed by atoms with Crippen molar-refractivity contribution in [3.63, 3.8) is 0 Å². The average molecular weight is 464 g/mol. The van der Waals surface area contributed by atoms with Crippen molar-refractivity contribution in [2.24, 2.45) is 0 Å². The molecule has 0 radical (unpaired) electrons. The van der Waals surface area contributed by atoms with Crippen LogP contribution in [0.5, 0.6) is 5.75 Å². The van der Waals surface area contributed by atoms with Gasteiger partial charge in [0.2, 0.25) is 11.8 Å². The molecule has 2 aliphatic heterocycles. The van der Waals surface area contributed by atoms with Crippen LogP contribution in [0.2, 0.25) is 0 Å². The molecule has 10 heteroatoms. The number of aromatic nitrogens is 1. The van der Waals surface area contributed by atoms with Crippen molar-refractivity contribution < 1.29 is 23.8 Å². The minimum atomic E-state index is -0.479. The molecule has 1 N–H and O–H groups in total. The monoisotopic (exact) mass is 463 g/mol. The van der Waals surface area contributed by atoms with Crippen molar-refractivity contribution in [1.29, 1.82) is 0 Å². The van der Waals surface area contributed by atoms with Crippen LogP contribution in [-0.2, 0) is 25.5 Å². The van der Waals surface area contributed by atoms with E-state index in [0.29, 0.717) is 50.6 Å². The third kappa shape index (κ3) is 5.76. The van der Waals surface area contributed by atoms with Crippen molar-refractivity contribution in [3.05, 3.63) is 35.3 Å². The van der Waals surface area contributed by atoms with E-state index in [2.05, 4.69) is 10.3 Å². The first kappa shape index (κ1) is 22.1. The van der Waals surface area contributed by atoms with Gasteiger partial charge >= 0.3 is 0 Å². The molecule has 2 aliphatic rings. The molecule has 2 aromatic rings. The van der Waals surface area contributed by atoms with Crippen LogP contribution in [0.1, 0.15) is 18.5 Å². The summed E-state index contributed by atoms with van der Waals surface area (Å²) >= 11 is 2.81. The number of hydrogen-bond acceptors (Lipinski definition) is 8. The molecule has 0 aliphatic carbocycles. The Bertz CT molecular complexity index is 919. The number of piperidine rings is 1. The van der Waals surface area contributed by atoms with Crippen LogP contribution in [-0.4, -0.2) is 66.7 Å². The molecule has 1 spiro atoms. The first-order valence-corrected chi connectivity index (χ1v) is 12.0. The molecule has 2 fully saturated rings. The molecule has 2 saturated heterocycles. The van der Waals surface area contributed by atoms with Gasteiger partial charge in [0.25, 0.3) is 0 Å². The molecule has 0 bridgehead atoms. The summed E-state index contributed by atoms with van der Waals surface area (Å²) in [7, 11) is 1.59. The van der Waals surface area contributed by atoms with Gasteiger partial charge in [-0.15, -0.1) is 11.3 Å². The van der Waals surface area contributed by atoms with Crippen LogP contribution in [0.15, 0.2) is 34.0 Å². The second-order valence-electron chi connectivity index (χ2n) is 7.34. The smallest absolute Gasteiger partial charge is 0.234 e. The second kappa shape index (κ2) is 9.99. The Morgan fingerprint density at radius 2 is 2.06 bits per heavy atom. The fourth-order valence-electron chi connectivity index (χ4n) is 3.61. The molecule has 31 heavy (non-hydrogen) atoms. The van der Waals surface area contributed by atoms with E-state index in [0.717, 1.165) is 10.0 Å². The number of amides is 2. The van der Waals surface area contributed by atoms with E-state index in [-0.39, 0.29) is 24.0 Å². The Labute approximate surface area is 189 Å². The first-order chi connectivity index (χ1) is 15.0. The van der Waals surface area contributed by atoms with Gasteiger partial charge in [0.05, 0.1) is 38.2 Å². The lowest BCUT2D eigenvalue weighted by atomic mass is 10.0. The summed E-state index contributed by atoms with van der Waals surface area (Å²) in [5, 5.41) is 4.73. The van der Waals surface area contributed by atoms with Gasteiger partial charge in [-0.3, -0.25) is 9.59 Å². The number of hydrogen-bond donors (Lipinski definition) is 1. The number of benzene rings is 1. The fourth-order valence-corrected chi connectivity index (χ4v) is 5.25. The second-order valence-corrected chi connectivity index (χ2v) is 9.42. The zero-order valence-electron chi connectivity index (χ0n) is 17.3. The van der Waals surface area contributed by atoms with Gasteiger partial charge < -0.3 is 24.4 Å². The normalized spacial score (nSPS) is 17.6. The van der Waals surface area contributed by atoms with Crippen molar-refractivity contribution in [2.75, 3.05) is 44.5 Å². The summed E-state index contributed by atoms with van der Waals surface area (Å²) in [4.78, 5) is 31.2. The standard InChI is InChI=1S/C21H25N3O5S2/c1-27-17-4-2-3-15(11-17)22-18(25)14-31-20-23-16(13-30-20)12-19(26)24-7-5-21(6-8-24)28-9-10-29-21/h2-4,11,13H,5-10,12,14H2,1H3,(H,22,25). The predicted molar refractivity (Wildman–Crippen MR) is 119 cm³/mol. The van der Waals surface area contributed by atoms with Gasteiger partial charge in [-0.05, 0) is 12.1 Å². The summed E-state index contributed by atoms with van der Waals surface area (Å²) in [5.41, 5.74) is 1.42. The van der Waals surface area contributed by atoms with Crippen molar-refractivity contribution >= 4 is 40.6 Å². The van der Waals surface area contributed by atoms with Crippen LogP contribution >= 0.6 is 23.1 Å². The number of thiazole rings is 1. The molecule has 0 atom stereocenters. The Morgan fingerprint density at radius 3 is 2.81 bits per heavy atom. The highest BCUT2D eigenvalue weighted by atomic mass is 32.2. The highest BCUT2D eigenvalue weighted by molar-refractivity contribution is 8.01. The Hall–Kier alpha value is -2.14. The van der Waals surface area contributed by atoms with E-state index in [9.17, 15) is 9.59 Å². The summed E-state index contributed by atoms with van der Waals surface area (Å²) in [6.45, 7) is 2.53. The van der Waals surface area contributed by atoms with Gasteiger partial charge in [0.1, 0.15) is 5.75 Å². The summed E-state index contributed by atoms with van der Waals surface area (Å²) in [6.07, 6.45) is 1.68. The molecular weight excluding hydrogens is 438 g/mol. The maximum Gasteiger partial charge on any atom is 0.234 e. The number of carbonyl (C=O) groups is 2. The van der Waals surface area contributed by atoms with Crippen LogP contribution in [0, 0.1) is 0 Å². The number of ether oxygens (including phenoxy) is 3. The van der Waals surface area contributed by atoms with Crippen molar-refractivity contribution in [1.82, 2.24) is 9.88 Å². The number of rotatable bonds is 7. The van der Waals surface area contributed by atoms with Crippen LogP contribution in [0.25, 0.3) is 0 Å². The minimum Gasteiger partial charge on any atom is -0.497 e. The molecule has 0 saturated carbocycles. The molecule has 8 nitrogen and oxygen atoms in total. The predicted octanol–water partition coefficient (Wildman–Crippen LogP) is 2.79. The highest BCUT2D eigenvalue weighted by Crippen LogP contribution is 2.31. The molecule has 1 aromatic heterocycles. The minimum absolute atomic E-state index is 0.0606. The van der Waals surface area contributed by atoms with E-state index in [1.54, 1.807) is 13.2 Å². The third-order valence-corrected chi connectivity index (χ3v) is 7.30. The van der Waals surface area contributed by atoms with E-state index in [4.69, 9.17) is 14.2 Å². The average Bonchev–Trinajstić information content (AvgIpc) is 3.42. The molecular formula is C21H25N3O5S2. The molecule has 3 heterocycles. The van der Waals surface area contributed by atoms with Crippen molar-refractivity contribution in [2.45, 2.75) is 29.4 Å². The molecule has 0 unspecified atom stereocenters. The van der Waals surface area contributed by atoms with Crippen LogP contribution in [0.4, 0.5) is 5.69 Å². The lowest BCUT2D eigenvalue weighted by molar-refractivity contribution is -0.187. The Morgan fingerprint density at radius 1 is 1.29 bits per heavy atom. The quantitative estimate of drug-likeness (QED) is 0.632. The summed E-state index contributed by atoms with van der Waals surface area (Å²) in [6, 6.07) is 7.22. The molecule has 1 aromatic carbocycles. The van der Waals surface area contributed by atoms with Gasteiger partial charge in [-0.1, -0.05) is 17.8 Å². The van der Waals surface area contributed by atoms with E-state index < -0.39 is 5.79 Å². The van der Waals surface area contributed by atoms with Gasteiger partial charge in [0, 0.05) is 43.1 Å². The number of anilines is 1. The zero-order chi connectivity index (χ0) is 21.7. The molecule has 166 valence electrons. The third-order valence-electron chi connectivity index (χ3n) is 5.23. The number of likely N-dealkylation sites (tertiary alicyclic amines) is 1. The molecule has 4 rings (SSSR count). The van der Waals surface area contributed by atoms with Crippen molar-refractivity contribution in [3.8, 4) is 5.75 Å². The highest BCUT2D eigenvalue weighted by Gasteiger charge is 2.40. The van der Waals surface area contributed by atoms with Gasteiger partial charge in [-0.2, -0.15) is 0 Å². The fraction of sp³-hybridized carbons (Fsp3) is 0.476. The number of carbonyl (C=O) groups excluding carboxylic acids is 2. The zero-order valence-corrected chi connectivity index (χ0v) is 18.9. The largest absolute Gasteiger partial charge is 0.497 e. The number of methoxy groups -OCH3 is 1. The number of nitrogens with one attached hydrogen (secondary N) is 1.